The SMILES string of the molecule is C=C(C(=O)OCCCC)C(CC(=O)OC(C)C(C)OC(=O)CC(C(=C)C(=O)OCCCC)C(=O)OCCCC)C(=O)OCCCC. The van der Waals surface area contributed by atoms with Crippen LogP contribution in [0.15, 0.2) is 24.3 Å². The molecule has 0 saturated heterocycles. The summed E-state index contributed by atoms with van der Waals surface area (Å²) >= 11 is 0. The topological polar surface area (TPSA) is 158 Å². The minimum atomic E-state index is -1.33. The molecule has 0 amide bonds. The summed E-state index contributed by atoms with van der Waals surface area (Å²) < 4.78 is 31.6. The summed E-state index contributed by atoms with van der Waals surface area (Å²) in [6.07, 6.45) is 2.48. The van der Waals surface area contributed by atoms with E-state index in [1.807, 2.05) is 27.7 Å². The summed E-state index contributed by atoms with van der Waals surface area (Å²) in [6, 6.07) is 0. The van der Waals surface area contributed by atoms with Gasteiger partial charge < -0.3 is 28.4 Å². The van der Waals surface area contributed by atoms with Gasteiger partial charge in [0.1, 0.15) is 12.2 Å². The van der Waals surface area contributed by atoms with Crippen LogP contribution in [0, 0.1) is 11.8 Å². The molecule has 4 unspecified atom stereocenters. The third-order valence-corrected chi connectivity index (χ3v) is 6.92. The Morgan fingerprint density at radius 3 is 1.07 bits per heavy atom. The maximum atomic E-state index is 12.9. The van der Waals surface area contributed by atoms with Crippen molar-refractivity contribution in [3.8, 4) is 0 Å². The van der Waals surface area contributed by atoms with Crippen molar-refractivity contribution in [3.05, 3.63) is 24.3 Å². The van der Waals surface area contributed by atoms with Crippen molar-refractivity contribution in [2.24, 2.45) is 11.8 Å². The number of unbranched alkanes of at least 4 members (excludes halogenated alkanes) is 4. The molecule has 0 saturated carbocycles. The zero-order valence-electron chi connectivity index (χ0n) is 28.5. The van der Waals surface area contributed by atoms with E-state index in [1.54, 1.807) is 0 Å². The van der Waals surface area contributed by atoms with Crippen LogP contribution < -0.4 is 0 Å². The highest BCUT2D eigenvalue weighted by Crippen LogP contribution is 2.22. The van der Waals surface area contributed by atoms with Crippen LogP contribution in [0.1, 0.15) is 106 Å². The van der Waals surface area contributed by atoms with Gasteiger partial charge in [0.25, 0.3) is 0 Å². The van der Waals surface area contributed by atoms with E-state index in [9.17, 15) is 28.8 Å². The Balaban J connectivity index is 5.45. The molecule has 262 valence electrons. The van der Waals surface area contributed by atoms with Gasteiger partial charge in [-0.1, -0.05) is 66.5 Å². The second kappa shape index (κ2) is 24.5. The molecular weight excluding hydrogens is 600 g/mol. The van der Waals surface area contributed by atoms with E-state index in [0.717, 1.165) is 25.7 Å². The lowest BCUT2D eigenvalue weighted by molar-refractivity contribution is -0.169. The quantitative estimate of drug-likeness (QED) is 0.0539. The van der Waals surface area contributed by atoms with Gasteiger partial charge in [0.15, 0.2) is 0 Å². The lowest BCUT2D eigenvalue weighted by Gasteiger charge is -2.23. The Labute approximate surface area is 273 Å². The van der Waals surface area contributed by atoms with Gasteiger partial charge in [0, 0.05) is 11.1 Å². The van der Waals surface area contributed by atoms with E-state index in [1.165, 1.54) is 13.8 Å². The van der Waals surface area contributed by atoms with Crippen molar-refractivity contribution in [2.45, 2.75) is 118 Å². The molecule has 0 spiro atoms. The van der Waals surface area contributed by atoms with Crippen LogP contribution in [0.4, 0.5) is 0 Å². The van der Waals surface area contributed by atoms with Crippen LogP contribution in [-0.4, -0.2) is 74.5 Å². The van der Waals surface area contributed by atoms with Crippen LogP contribution in [0.25, 0.3) is 0 Å². The Bertz CT molecular complexity index is 938. The molecule has 0 aromatic heterocycles. The summed E-state index contributed by atoms with van der Waals surface area (Å²) in [4.78, 5) is 76.2. The molecule has 0 rings (SSSR count). The first-order valence-electron chi connectivity index (χ1n) is 16.3. The molecule has 0 bridgehead atoms. The van der Waals surface area contributed by atoms with Crippen LogP contribution in [0.2, 0.25) is 0 Å². The van der Waals surface area contributed by atoms with Crippen LogP contribution >= 0.6 is 0 Å². The average Bonchev–Trinajstić information content (AvgIpc) is 3.01. The van der Waals surface area contributed by atoms with Gasteiger partial charge in [-0.05, 0) is 39.5 Å². The lowest BCUT2D eigenvalue weighted by atomic mass is 9.96. The van der Waals surface area contributed by atoms with Crippen molar-refractivity contribution >= 4 is 35.8 Å². The van der Waals surface area contributed by atoms with Crippen LogP contribution in [-0.2, 0) is 57.2 Å². The number of carbonyl (C=O) groups excluding carboxylic acids is 6. The first-order valence-corrected chi connectivity index (χ1v) is 16.3. The standard InChI is InChI=1S/C34H54O12/c1-9-13-17-41-31(37)23(5)27(33(39)43-19-15-11-3)21-29(35)45-25(7)26(8)46-30(36)22-28(34(40)44-20-16-12-4)24(6)32(38)42-18-14-10-2/h25-28H,5-6,9-22H2,1-4,7-8H3. The fraction of sp³-hybridized carbons (Fsp3) is 0.706. The predicted molar refractivity (Wildman–Crippen MR) is 169 cm³/mol. The normalized spacial score (nSPS) is 13.3. The molecular formula is C34H54O12. The van der Waals surface area contributed by atoms with Crippen molar-refractivity contribution in [2.75, 3.05) is 26.4 Å². The third-order valence-electron chi connectivity index (χ3n) is 6.92. The van der Waals surface area contributed by atoms with Crippen molar-refractivity contribution in [1.82, 2.24) is 0 Å². The number of ether oxygens (including phenoxy) is 6. The van der Waals surface area contributed by atoms with Crippen LogP contribution in [0.5, 0.6) is 0 Å². The molecule has 0 heterocycles. The summed E-state index contributed by atoms with van der Waals surface area (Å²) in [7, 11) is 0. The van der Waals surface area contributed by atoms with Crippen molar-refractivity contribution in [3.63, 3.8) is 0 Å². The summed E-state index contributed by atoms with van der Waals surface area (Å²) in [5, 5.41) is 0. The fourth-order valence-electron chi connectivity index (χ4n) is 3.66. The molecule has 0 radical (unpaired) electrons. The van der Waals surface area contributed by atoms with E-state index in [-0.39, 0.29) is 37.6 Å². The molecule has 0 aromatic carbocycles. The molecule has 12 heteroatoms. The predicted octanol–water partition coefficient (Wildman–Crippen LogP) is 5.35. The summed E-state index contributed by atoms with van der Waals surface area (Å²) in [5.41, 5.74) is -0.459. The number of rotatable bonds is 25. The highest BCUT2D eigenvalue weighted by molar-refractivity contribution is 5.97. The number of esters is 6. The number of carbonyl (C=O) groups is 6. The molecule has 4 atom stereocenters. The maximum absolute atomic E-state index is 12.9. The zero-order valence-corrected chi connectivity index (χ0v) is 28.5. The second-order valence-electron chi connectivity index (χ2n) is 11.0. The molecule has 0 N–H and O–H groups in total. The Kier molecular flexibility index (Phi) is 22.5. The summed E-state index contributed by atoms with van der Waals surface area (Å²) in [5.74, 6) is -7.62. The van der Waals surface area contributed by atoms with E-state index in [4.69, 9.17) is 28.4 Å². The van der Waals surface area contributed by atoms with Gasteiger partial charge in [-0.25, -0.2) is 9.59 Å². The Hall–Kier alpha value is -3.70. The molecule has 0 aromatic rings. The first kappa shape index (κ1) is 42.3. The average molecular weight is 655 g/mol. The minimum Gasteiger partial charge on any atom is -0.465 e. The van der Waals surface area contributed by atoms with E-state index < -0.39 is 72.7 Å². The highest BCUT2D eigenvalue weighted by Gasteiger charge is 2.35. The molecule has 0 aliphatic carbocycles. The van der Waals surface area contributed by atoms with Gasteiger partial charge >= 0.3 is 35.8 Å². The largest absolute Gasteiger partial charge is 0.465 e. The first-order chi connectivity index (χ1) is 21.8. The maximum Gasteiger partial charge on any atom is 0.334 e. The smallest absolute Gasteiger partial charge is 0.334 e. The molecule has 0 aliphatic rings. The van der Waals surface area contributed by atoms with Gasteiger partial charge in [0.2, 0.25) is 0 Å². The number of hydrogen-bond acceptors (Lipinski definition) is 12. The van der Waals surface area contributed by atoms with Gasteiger partial charge in [-0.3, -0.25) is 19.2 Å². The van der Waals surface area contributed by atoms with Gasteiger partial charge in [0.05, 0.1) is 51.1 Å². The minimum absolute atomic E-state index is 0.110. The highest BCUT2D eigenvalue weighted by atomic mass is 16.6. The third kappa shape index (κ3) is 17.1. The molecule has 0 aliphatic heterocycles. The zero-order chi connectivity index (χ0) is 35.1. The van der Waals surface area contributed by atoms with Gasteiger partial charge in [-0.2, -0.15) is 0 Å². The van der Waals surface area contributed by atoms with Crippen molar-refractivity contribution in [1.29, 1.82) is 0 Å². The monoisotopic (exact) mass is 654 g/mol. The van der Waals surface area contributed by atoms with Crippen molar-refractivity contribution < 1.29 is 57.2 Å². The Morgan fingerprint density at radius 1 is 0.500 bits per heavy atom. The second-order valence-corrected chi connectivity index (χ2v) is 11.0. The van der Waals surface area contributed by atoms with Crippen LogP contribution in [0.3, 0.4) is 0 Å². The molecule has 0 fully saturated rings. The fourth-order valence-corrected chi connectivity index (χ4v) is 3.66. The van der Waals surface area contributed by atoms with E-state index in [2.05, 4.69) is 13.2 Å². The molecule has 46 heavy (non-hydrogen) atoms. The van der Waals surface area contributed by atoms with E-state index >= 15 is 0 Å². The summed E-state index contributed by atoms with van der Waals surface area (Å²) in [6.45, 7) is 18.5. The van der Waals surface area contributed by atoms with E-state index in [0.29, 0.717) is 25.7 Å². The number of hydrogen-bond donors (Lipinski definition) is 0. The molecule has 12 nitrogen and oxygen atoms in total. The lowest BCUT2D eigenvalue weighted by Crippen LogP contribution is -2.34. The Morgan fingerprint density at radius 2 is 0.783 bits per heavy atom. The van der Waals surface area contributed by atoms with Gasteiger partial charge in [-0.15, -0.1) is 0 Å².